The van der Waals surface area contributed by atoms with Crippen LogP contribution in [0.25, 0.3) is 0 Å². The maximum Gasteiger partial charge on any atom is 0.0787 e. The molecule has 0 radical (unpaired) electrons. The third-order valence-corrected chi connectivity index (χ3v) is 4.23. The van der Waals surface area contributed by atoms with Gasteiger partial charge in [0.25, 0.3) is 0 Å². The van der Waals surface area contributed by atoms with Crippen molar-refractivity contribution in [1.29, 1.82) is 0 Å². The Balaban J connectivity index is 1.96. The minimum absolute atomic E-state index is 0.0447. The Morgan fingerprint density at radius 3 is 2.60 bits per heavy atom. The Morgan fingerprint density at radius 1 is 1.35 bits per heavy atom. The van der Waals surface area contributed by atoms with Crippen LogP contribution in [0.3, 0.4) is 0 Å². The third-order valence-electron chi connectivity index (χ3n) is 3.99. The number of hydrogen-bond acceptors (Lipinski definition) is 2. The fourth-order valence-corrected chi connectivity index (χ4v) is 3.45. The van der Waals surface area contributed by atoms with E-state index in [1.54, 1.807) is 0 Å². The lowest BCUT2D eigenvalue weighted by atomic mass is 9.93. The molecule has 3 heteroatoms. The van der Waals surface area contributed by atoms with Crippen molar-refractivity contribution in [3.63, 3.8) is 0 Å². The molecule has 0 amide bonds. The first kappa shape index (κ1) is 15.8. The van der Waals surface area contributed by atoms with E-state index in [0.29, 0.717) is 12.1 Å². The second-order valence-corrected chi connectivity index (χ2v) is 7.56. The van der Waals surface area contributed by atoms with Crippen LogP contribution >= 0.6 is 11.6 Å². The zero-order valence-corrected chi connectivity index (χ0v) is 13.9. The van der Waals surface area contributed by atoms with Gasteiger partial charge in [0.2, 0.25) is 0 Å². The first-order valence-corrected chi connectivity index (χ1v) is 7.76. The predicted octanol–water partition coefficient (Wildman–Crippen LogP) is 4.21. The normalized spacial score (nSPS) is 25.6. The van der Waals surface area contributed by atoms with E-state index in [4.69, 9.17) is 16.3 Å². The van der Waals surface area contributed by atoms with Crippen LogP contribution in [0.15, 0.2) is 24.3 Å². The monoisotopic (exact) mass is 295 g/mol. The van der Waals surface area contributed by atoms with Gasteiger partial charge in [-0.1, -0.05) is 23.7 Å². The van der Waals surface area contributed by atoms with Crippen LogP contribution in [0.4, 0.5) is 0 Å². The Morgan fingerprint density at radius 2 is 2.05 bits per heavy atom. The number of hydrogen-bond donors (Lipinski definition) is 1. The highest BCUT2D eigenvalue weighted by Crippen LogP contribution is 2.37. The minimum atomic E-state index is -0.119. The summed E-state index contributed by atoms with van der Waals surface area (Å²) in [6.45, 7) is 10.9. The molecule has 1 fully saturated rings. The summed E-state index contributed by atoms with van der Waals surface area (Å²) in [5, 5.41) is 4.53. The van der Waals surface area contributed by atoms with E-state index in [1.165, 1.54) is 5.56 Å². The van der Waals surface area contributed by atoms with Gasteiger partial charge in [-0.3, -0.25) is 0 Å². The lowest BCUT2D eigenvalue weighted by Gasteiger charge is -2.30. The molecule has 0 spiro atoms. The lowest BCUT2D eigenvalue weighted by Crippen LogP contribution is -2.47. The van der Waals surface area contributed by atoms with Crippen LogP contribution in [0.2, 0.25) is 5.02 Å². The zero-order chi connectivity index (χ0) is 15.0. The minimum Gasteiger partial charge on any atom is -0.368 e. The van der Waals surface area contributed by atoms with Gasteiger partial charge < -0.3 is 10.1 Å². The Hall–Kier alpha value is -0.570. The number of nitrogens with one attached hydrogen (secondary N) is 1. The van der Waals surface area contributed by atoms with Crippen LogP contribution in [0.5, 0.6) is 0 Å². The molecule has 1 saturated heterocycles. The van der Waals surface area contributed by atoms with Gasteiger partial charge in [0.15, 0.2) is 0 Å². The molecule has 1 aromatic rings. The highest BCUT2D eigenvalue weighted by atomic mass is 35.5. The second kappa shape index (κ2) is 5.67. The number of ether oxygens (including phenoxy) is 1. The molecular formula is C17H26ClNO. The van der Waals surface area contributed by atoms with Crippen molar-refractivity contribution >= 4 is 11.6 Å². The quantitative estimate of drug-likeness (QED) is 0.898. The third kappa shape index (κ3) is 3.97. The van der Waals surface area contributed by atoms with E-state index in [1.807, 2.05) is 18.2 Å². The lowest BCUT2D eigenvalue weighted by molar-refractivity contribution is -0.0703. The topological polar surface area (TPSA) is 21.3 Å². The van der Waals surface area contributed by atoms with Crippen molar-refractivity contribution in [2.75, 3.05) is 0 Å². The maximum atomic E-state index is 6.14. The maximum absolute atomic E-state index is 6.14. The summed E-state index contributed by atoms with van der Waals surface area (Å²) in [6.07, 6.45) is 2.02. The summed E-state index contributed by atoms with van der Waals surface area (Å²) < 4.78 is 6.14. The molecule has 112 valence electrons. The molecule has 0 aliphatic carbocycles. The fourth-order valence-electron chi connectivity index (χ4n) is 3.24. The molecule has 2 unspecified atom stereocenters. The average Bonchev–Trinajstić information content (AvgIpc) is 2.46. The van der Waals surface area contributed by atoms with Gasteiger partial charge in [0, 0.05) is 17.1 Å². The fraction of sp³-hybridized carbons (Fsp3) is 0.647. The molecule has 1 aliphatic heterocycles. The van der Waals surface area contributed by atoms with Crippen LogP contribution in [0.1, 0.15) is 46.6 Å². The molecule has 2 nitrogen and oxygen atoms in total. The van der Waals surface area contributed by atoms with Crippen molar-refractivity contribution in [2.24, 2.45) is 0 Å². The number of halogens is 1. The predicted molar refractivity (Wildman–Crippen MR) is 85.4 cm³/mol. The molecular weight excluding hydrogens is 270 g/mol. The summed E-state index contributed by atoms with van der Waals surface area (Å²) in [7, 11) is 0. The highest BCUT2D eigenvalue weighted by molar-refractivity contribution is 6.30. The molecule has 1 aliphatic rings. The molecule has 0 saturated carbocycles. The van der Waals surface area contributed by atoms with Gasteiger partial charge in [-0.15, -0.1) is 0 Å². The van der Waals surface area contributed by atoms with Crippen molar-refractivity contribution in [1.82, 2.24) is 5.32 Å². The molecule has 2 rings (SSSR count). The van der Waals surface area contributed by atoms with E-state index in [-0.39, 0.29) is 11.2 Å². The summed E-state index contributed by atoms with van der Waals surface area (Å²) in [4.78, 5) is 0. The standard InChI is InChI=1S/C17H26ClNO/c1-12(9-13-7-6-8-14(18)10-13)19-15-11-16(2,3)20-17(15,4)5/h6-8,10,12,15,19H,9,11H2,1-5H3. The van der Waals surface area contributed by atoms with Crippen molar-refractivity contribution in [2.45, 2.75) is 70.7 Å². The van der Waals surface area contributed by atoms with E-state index < -0.39 is 0 Å². The molecule has 0 bridgehead atoms. The Labute approximate surface area is 127 Å². The van der Waals surface area contributed by atoms with Crippen molar-refractivity contribution in [3.8, 4) is 0 Å². The molecule has 1 aromatic carbocycles. The Kier molecular flexibility index (Phi) is 4.48. The first-order valence-electron chi connectivity index (χ1n) is 7.39. The molecule has 0 aromatic heterocycles. The van der Waals surface area contributed by atoms with E-state index >= 15 is 0 Å². The summed E-state index contributed by atoms with van der Waals surface area (Å²) in [6, 6.07) is 8.88. The van der Waals surface area contributed by atoms with Crippen molar-refractivity contribution < 1.29 is 4.74 Å². The second-order valence-electron chi connectivity index (χ2n) is 7.12. The van der Waals surface area contributed by atoms with Crippen molar-refractivity contribution in [3.05, 3.63) is 34.9 Å². The highest BCUT2D eigenvalue weighted by Gasteiger charge is 2.45. The molecule has 20 heavy (non-hydrogen) atoms. The number of benzene rings is 1. The smallest absolute Gasteiger partial charge is 0.0787 e. The summed E-state index contributed by atoms with van der Waals surface area (Å²) in [5.41, 5.74) is 1.11. The van der Waals surface area contributed by atoms with Gasteiger partial charge in [-0.05, 0) is 65.2 Å². The van der Waals surface area contributed by atoms with E-state index in [9.17, 15) is 0 Å². The molecule has 1 N–H and O–H groups in total. The van der Waals surface area contributed by atoms with Gasteiger partial charge in [0.1, 0.15) is 0 Å². The van der Waals surface area contributed by atoms with Gasteiger partial charge in [0.05, 0.1) is 11.2 Å². The van der Waals surface area contributed by atoms with Crippen LogP contribution in [-0.2, 0) is 11.2 Å². The SMILES string of the molecule is CC(Cc1cccc(Cl)c1)NC1CC(C)(C)OC1(C)C. The largest absolute Gasteiger partial charge is 0.368 e. The summed E-state index contributed by atoms with van der Waals surface area (Å²) in [5.74, 6) is 0. The van der Waals surface area contributed by atoms with Crippen LogP contribution < -0.4 is 5.32 Å². The van der Waals surface area contributed by atoms with Gasteiger partial charge in [-0.25, -0.2) is 0 Å². The van der Waals surface area contributed by atoms with Gasteiger partial charge in [-0.2, -0.15) is 0 Å². The van der Waals surface area contributed by atoms with E-state index in [2.05, 4.69) is 46.0 Å². The molecule has 2 atom stereocenters. The zero-order valence-electron chi connectivity index (χ0n) is 13.2. The van der Waals surface area contributed by atoms with E-state index in [0.717, 1.165) is 17.9 Å². The first-order chi connectivity index (χ1) is 9.18. The number of rotatable bonds is 4. The van der Waals surface area contributed by atoms with Crippen LogP contribution in [-0.4, -0.2) is 23.3 Å². The van der Waals surface area contributed by atoms with Crippen LogP contribution in [0, 0.1) is 0 Å². The Bertz CT molecular complexity index is 470. The summed E-state index contributed by atoms with van der Waals surface area (Å²) >= 11 is 6.04. The van der Waals surface area contributed by atoms with Gasteiger partial charge >= 0.3 is 0 Å². The molecule has 1 heterocycles. The average molecular weight is 296 g/mol.